The summed E-state index contributed by atoms with van der Waals surface area (Å²) in [5.41, 5.74) is 0.936. The summed E-state index contributed by atoms with van der Waals surface area (Å²) in [6.45, 7) is 5.90. The Morgan fingerprint density at radius 3 is 2.42 bits per heavy atom. The molecule has 3 aromatic rings. The number of nitrogens with zero attached hydrogens (tertiary/aromatic N) is 2. The minimum atomic E-state index is -1.23. The maximum Gasteiger partial charge on any atom is 0.331 e. The van der Waals surface area contributed by atoms with Gasteiger partial charge in [0.25, 0.3) is 5.91 Å². The van der Waals surface area contributed by atoms with Gasteiger partial charge in [-0.25, -0.2) is 9.48 Å². The van der Waals surface area contributed by atoms with Gasteiger partial charge in [-0.2, -0.15) is 5.10 Å². The second-order valence-electron chi connectivity index (χ2n) is 9.38. The number of aromatic nitrogens is 2. The first-order chi connectivity index (χ1) is 15.7. The lowest BCUT2D eigenvalue weighted by Gasteiger charge is -2.38. The van der Waals surface area contributed by atoms with Crippen LogP contribution in [-0.2, 0) is 21.5 Å². The Bertz CT molecular complexity index is 1140. The molecule has 1 amide bonds. The first-order valence-electron chi connectivity index (χ1n) is 11.1. The van der Waals surface area contributed by atoms with Crippen molar-refractivity contribution in [2.24, 2.45) is 0 Å². The van der Waals surface area contributed by atoms with Crippen molar-refractivity contribution in [3.8, 4) is 0 Å². The highest BCUT2D eigenvalue weighted by molar-refractivity contribution is 6.01. The zero-order valence-corrected chi connectivity index (χ0v) is 19.5. The average Bonchev–Trinajstić information content (AvgIpc) is 3.24. The number of ether oxygens (including phenoxy) is 1. The van der Waals surface area contributed by atoms with Gasteiger partial charge in [-0.1, -0.05) is 60.7 Å². The summed E-state index contributed by atoms with van der Waals surface area (Å²) in [7, 11) is 1.33. The summed E-state index contributed by atoms with van der Waals surface area (Å²) in [5.74, 6) is -0.238. The van der Waals surface area contributed by atoms with E-state index < -0.39 is 11.5 Å². The van der Waals surface area contributed by atoms with Gasteiger partial charge in [0.05, 0.1) is 24.9 Å². The number of benzene rings is 2. The molecule has 2 heterocycles. The molecule has 0 fully saturated rings. The second-order valence-corrected chi connectivity index (χ2v) is 9.38. The number of hydrogen-bond acceptors (Lipinski definition) is 5. The van der Waals surface area contributed by atoms with Gasteiger partial charge >= 0.3 is 5.97 Å². The van der Waals surface area contributed by atoms with Crippen molar-refractivity contribution in [1.82, 2.24) is 15.1 Å². The molecule has 1 aromatic heterocycles. The van der Waals surface area contributed by atoms with Crippen LogP contribution in [0.1, 0.15) is 54.7 Å². The third-order valence-corrected chi connectivity index (χ3v) is 6.23. The minimum Gasteiger partial charge on any atom is -0.467 e. The van der Waals surface area contributed by atoms with Crippen molar-refractivity contribution >= 4 is 17.7 Å². The van der Waals surface area contributed by atoms with Crippen LogP contribution in [0.4, 0.5) is 5.82 Å². The Hall–Kier alpha value is -3.61. The molecule has 0 radical (unpaired) electrons. The number of esters is 1. The molecule has 0 spiro atoms. The van der Waals surface area contributed by atoms with E-state index in [4.69, 9.17) is 4.74 Å². The number of hydrogen-bond donors (Lipinski definition) is 2. The second kappa shape index (κ2) is 8.73. The molecule has 0 saturated heterocycles. The summed E-state index contributed by atoms with van der Waals surface area (Å²) >= 11 is 0. The number of nitrogens with one attached hydrogen (secondary N) is 2. The molecule has 4 rings (SSSR count). The molecule has 0 bridgehead atoms. The van der Waals surface area contributed by atoms with E-state index in [1.54, 1.807) is 13.1 Å². The lowest BCUT2D eigenvalue weighted by Crippen LogP contribution is -2.54. The van der Waals surface area contributed by atoms with E-state index in [2.05, 4.69) is 41.7 Å². The molecule has 2 N–H and O–H groups in total. The van der Waals surface area contributed by atoms with Crippen molar-refractivity contribution in [1.29, 1.82) is 0 Å². The molecule has 7 nitrogen and oxygen atoms in total. The first-order valence-corrected chi connectivity index (χ1v) is 11.1. The third-order valence-electron chi connectivity index (χ3n) is 6.23. The monoisotopic (exact) mass is 446 g/mol. The molecule has 7 heteroatoms. The number of anilines is 1. The molecule has 0 aliphatic carbocycles. The first kappa shape index (κ1) is 22.6. The van der Waals surface area contributed by atoms with E-state index in [0.29, 0.717) is 17.8 Å². The van der Waals surface area contributed by atoms with Crippen LogP contribution in [0.3, 0.4) is 0 Å². The number of carbonyl (C=O) groups excluding carboxylic acids is 2. The van der Waals surface area contributed by atoms with Gasteiger partial charge in [0.2, 0.25) is 0 Å². The predicted octanol–water partition coefficient (Wildman–Crippen LogP) is 4.08. The number of rotatable bonds is 6. The highest BCUT2D eigenvalue weighted by atomic mass is 16.5. The quantitative estimate of drug-likeness (QED) is 0.558. The van der Waals surface area contributed by atoms with Gasteiger partial charge in [0.15, 0.2) is 0 Å². The standard InChI is InChI=1S/C26H30N4O3/c1-25(2)16-21(19-13-9-6-10-14-19)28-22-20(17-27-30(22)25)23(31)29-26(3,24(32)33-4)15-18-11-7-5-8-12-18/h5-14,17,21,28H,15-16H2,1-4H3,(H,29,31). The molecule has 2 unspecified atom stereocenters. The molecular weight excluding hydrogens is 416 g/mol. The Morgan fingerprint density at radius 1 is 1.15 bits per heavy atom. The van der Waals surface area contributed by atoms with Gasteiger partial charge in [0, 0.05) is 6.42 Å². The Labute approximate surface area is 194 Å². The van der Waals surface area contributed by atoms with E-state index in [0.717, 1.165) is 17.5 Å². The van der Waals surface area contributed by atoms with E-state index in [1.165, 1.54) is 7.11 Å². The van der Waals surface area contributed by atoms with Crippen molar-refractivity contribution in [3.63, 3.8) is 0 Å². The van der Waals surface area contributed by atoms with Crippen LogP contribution in [0.25, 0.3) is 0 Å². The highest BCUT2D eigenvalue weighted by Gasteiger charge is 2.40. The summed E-state index contributed by atoms with van der Waals surface area (Å²) < 4.78 is 6.89. The van der Waals surface area contributed by atoms with Crippen LogP contribution in [0.5, 0.6) is 0 Å². The minimum absolute atomic E-state index is 0.0354. The van der Waals surface area contributed by atoms with E-state index in [9.17, 15) is 9.59 Å². The van der Waals surface area contributed by atoms with Crippen molar-refractivity contribution in [2.45, 2.75) is 50.7 Å². The number of fused-ring (bicyclic) bond motifs is 1. The van der Waals surface area contributed by atoms with Gasteiger partial charge < -0.3 is 15.4 Å². The number of methoxy groups -OCH3 is 1. The fraction of sp³-hybridized carbons (Fsp3) is 0.346. The van der Waals surface area contributed by atoms with E-state index in [1.807, 2.05) is 53.2 Å². The van der Waals surface area contributed by atoms with Crippen molar-refractivity contribution in [3.05, 3.63) is 83.6 Å². The molecular formula is C26H30N4O3. The van der Waals surface area contributed by atoms with Crippen LogP contribution in [0.2, 0.25) is 0 Å². The molecule has 33 heavy (non-hydrogen) atoms. The lowest BCUT2D eigenvalue weighted by atomic mass is 9.89. The Morgan fingerprint density at radius 2 is 1.79 bits per heavy atom. The van der Waals surface area contributed by atoms with Gasteiger partial charge in [0.1, 0.15) is 16.9 Å². The zero-order chi connectivity index (χ0) is 23.6. The van der Waals surface area contributed by atoms with Gasteiger partial charge in [-0.3, -0.25) is 4.79 Å². The van der Waals surface area contributed by atoms with Crippen LogP contribution >= 0.6 is 0 Å². The Kier molecular flexibility index (Phi) is 5.97. The topological polar surface area (TPSA) is 85.2 Å². The molecule has 1 aliphatic heterocycles. The fourth-order valence-corrected chi connectivity index (χ4v) is 4.52. The maximum absolute atomic E-state index is 13.4. The third kappa shape index (κ3) is 4.49. The normalized spacial score (nSPS) is 18.4. The molecule has 2 atom stereocenters. The molecule has 1 aliphatic rings. The fourth-order valence-electron chi connectivity index (χ4n) is 4.52. The number of carbonyl (C=O) groups is 2. The summed E-state index contributed by atoms with van der Waals surface area (Å²) in [5, 5.41) is 10.9. The van der Waals surface area contributed by atoms with Crippen molar-refractivity contribution in [2.75, 3.05) is 12.4 Å². The highest BCUT2D eigenvalue weighted by Crippen LogP contribution is 2.39. The SMILES string of the molecule is COC(=O)C(C)(Cc1ccccc1)NC(=O)c1cnn2c1NC(c1ccccc1)CC2(C)C. The molecule has 172 valence electrons. The zero-order valence-electron chi connectivity index (χ0n) is 19.5. The van der Waals surface area contributed by atoms with Gasteiger partial charge in [-0.15, -0.1) is 0 Å². The number of amides is 1. The lowest BCUT2D eigenvalue weighted by molar-refractivity contribution is -0.147. The van der Waals surface area contributed by atoms with E-state index >= 15 is 0 Å². The van der Waals surface area contributed by atoms with E-state index in [-0.39, 0.29) is 17.5 Å². The maximum atomic E-state index is 13.4. The summed E-state index contributed by atoms with van der Waals surface area (Å²) in [6.07, 6.45) is 2.69. The van der Waals surface area contributed by atoms with Gasteiger partial charge in [-0.05, 0) is 38.3 Å². The summed E-state index contributed by atoms with van der Waals surface area (Å²) in [4.78, 5) is 26.1. The van der Waals surface area contributed by atoms with Crippen LogP contribution < -0.4 is 10.6 Å². The van der Waals surface area contributed by atoms with Crippen LogP contribution in [-0.4, -0.2) is 34.3 Å². The largest absolute Gasteiger partial charge is 0.467 e. The summed E-state index contributed by atoms with van der Waals surface area (Å²) in [6, 6.07) is 19.7. The predicted molar refractivity (Wildman–Crippen MR) is 127 cm³/mol. The average molecular weight is 447 g/mol. The van der Waals surface area contributed by atoms with Crippen LogP contribution in [0.15, 0.2) is 66.9 Å². The van der Waals surface area contributed by atoms with Crippen LogP contribution in [0, 0.1) is 0 Å². The Balaban J connectivity index is 1.64. The molecule has 0 saturated carbocycles. The molecule has 2 aromatic carbocycles. The van der Waals surface area contributed by atoms with Crippen molar-refractivity contribution < 1.29 is 14.3 Å². The smallest absolute Gasteiger partial charge is 0.331 e.